The highest BCUT2D eigenvalue weighted by molar-refractivity contribution is 6.12. The van der Waals surface area contributed by atoms with E-state index in [9.17, 15) is 13.6 Å². The Balaban J connectivity index is 1.88. The standard InChI is InChI=1S/C13H13F2N7O3/c14-11(15)22-13(24)19(3-4-23)12-18-10-9(21(12)22)8(17-6-20(10)16)7-2-1-5-25-7/h1-2,5-6,11-12,23H,3-4,16H2. The van der Waals surface area contributed by atoms with Gasteiger partial charge in [0.2, 0.25) is 6.29 Å². The first-order chi connectivity index (χ1) is 12.0. The predicted molar refractivity (Wildman–Crippen MR) is 80.2 cm³/mol. The molecule has 1 saturated heterocycles. The van der Waals surface area contributed by atoms with Crippen molar-refractivity contribution in [2.75, 3.05) is 13.2 Å². The van der Waals surface area contributed by atoms with Gasteiger partial charge in [0.15, 0.2) is 11.6 Å². The van der Waals surface area contributed by atoms with Gasteiger partial charge in [-0.1, -0.05) is 0 Å². The second-order valence-electron chi connectivity index (χ2n) is 5.29. The normalized spacial score (nSPS) is 22.4. The van der Waals surface area contributed by atoms with Gasteiger partial charge in [-0.3, -0.25) is 4.90 Å². The van der Waals surface area contributed by atoms with Crippen LogP contribution in [0.4, 0.5) is 13.6 Å². The van der Waals surface area contributed by atoms with Crippen LogP contribution >= 0.6 is 0 Å². The van der Waals surface area contributed by atoms with E-state index < -0.39 is 25.5 Å². The molecule has 0 saturated carbocycles. The van der Waals surface area contributed by atoms with Gasteiger partial charge in [0, 0.05) is 6.54 Å². The fourth-order valence-corrected chi connectivity index (χ4v) is 2.92. The van der Waals surface area contributed by atoms with Crippen LogP contribution in [0.2, 0.25) is 0 Å². The lowest BCUT2D eigenvalue weighted by Gasteiger charge is -2.29. The van der Waals surface area contributed by atoms with Crippen LogP contribution in [-0.4, -0.2) is 69.2 Å². The summed E-state index contributed by atoms with van der Waals surface area (Å²) in [6, 6.07) is 2.25. The molecule has 1 aromatic heterocycles. The molecule has 2 amide bonds. The molecule has 4 rings (SSSR count). The van der Waals surface area contributed by atoms with Crippen molar-refractivity contribution < 1.29 is 23.1 Å². The molecule has 10 nitrogen and oxygen atoms in total. The summed E-state index contributed by atoms with van der Waals surface area (Å²) < 4.78 is 32.4. The van der Waals surface area contributed by atoms with Crippen molar-refractivity contribution >= 4 is 23.9 Å². The summed E-state index contributed by atoms with van der Waals surface area (Å²) in [6.45, 7) is -3.67. The van der Waals surface area contributed by atoms with Gasteiger partial charge in [0.05, 0.1) is 12.9 Å². The second-order valence-corrected chi connectivity index (χ2v) is 5.29. The highest BCUT2D eigenvalue weighted by Gasteiger charge is 2.55. The molecule has 132 valence electrons. The van der Waals surface area contributed by atoms with Gasteiger partial charge in [0.1, 0.15) is 17.7 Å². The van der Waals surface area contributed by atoms with E-state index in [0.29, 0.717) is 5.76 Å². The van der Waals surface area contributed by atoms with Gasteiger partial charge in [-0.15, -0.1) is 0 Å². The van der Waals surface area contributed by atoms with Gasteiger partial charge >= 0.3 is 12.6 Å². The van der Waals surface area contributed by atoms with Crippen molar-refractivity contribution in [3.05, 3.63) is 29.9 Å². The lowest BCUT2D eigenvalue weighted by Crippen LogP contribution is -2.47. The molecule has 3 N–H and O–H groups in total. The Morgan fingerprint density at radius 2 is 2.24 bits per heavy atom. The number of rotatable bonds is 4. The third-order valence-electron chi connectivity index (χ3n) is 3.91. The minimum atomic E-state index is -3.12. The molecule has 0 aromatic carbocycles. The molecule has 3 aliphatic heterocycles. The molecule has 0 bridgehead atoms. The van der Waals surface area contributed by atoms with Crippen molar-refractivity contribution in [3.63, 3.8) is 0 Å². The van der Waals surface area contributed by atoms with Crippen LogP contribution in [-0.2, 0) is 0 Å². The number of amidine groups is 1. The zero-order valence-electron chi connectivity index (χ0n) is 12.7. The molecule has 25 heavy (non-hydrogen) atoms. The Kier molecular flexibility index (Phi) is 3.43. The minimum Gasteiger partial charge on any atom is -0.463 e. The topological polar surface area (TPSA) is 114 Å². The number of aliphatic hydroxyl groups excluding tert-OH is 1. The summed E-state index contributed by atoms with van der Waals surface area (Å²) in [5, 5.41) is 11.5. The monoisotopic (exact) mass is 353 g/mol. The molecule has 1 atom stereocenters. The van der Waals surface area contributed by atoms with Crippen LogP contribution in [0.25, 0.3) is 5.70 Å². The number of nitrogens with two attached hydrogens (primary N) is 1. The summed E-state index contributed by atoms with van der Waals surface area (Å²) in [5.41, 5.74) is 0.344. The number of urea groups is 1. The molecule has 0 spiro atoms. The van der Waals surface area contributed by atoms with Crippen LogP contribution in [0.15, 0.2) is 38.5 Å². The van der Waals surface area contributed by atoms with E-state index >= 15 is 0 Å². The molecule has 0 aliphatic carbocycles. The number of halogens is 2. The lowest BCUT2D eigenvalue weighted by molar-refractivity contribution is -0.0929. The first-order valence-electron chi connectivity index (χ1n) is 7.27. The molecule has 0 radical (unpaired) electrons. The maximum Gasteiger partial charge on any atom is 0.347 e. The number of fused-ring (bicyclic) bond motifs is 3. The number of hydrogen-bond donors (Lipinski definition) is 2. The number of carbonyl (C=O) groups is 1. The number of β-amino-alcohol motifs (C(OH)–C–C–N with tert-alkyl or cyclic N) is 1. The summed E-state index contributed by atoms with van der Waals surface area (Å²) in [6.07, 6.45) is 1.60. The van der Waals surface area contributed by atoms with E-state index in [1.807, 2.05) is 0 Å². The van der Waals surface area contributed by atoms with Crippen molar-refractivity contribution in [2.45, 2.75) is 12.8 Å². The number of hydrogen-bond acceptors (Lipinski definition) is 8. The molecular weight excluding hydrogens is 340 g/mol. The Morgan fingerprint density at radius 1 is 1.44 bits per heavy atom. The summed E-state index contributed by atoms with van der Waals surface area (Å²) in [5.74, 6) is 6.29. The fraction of sp³-hybridized carbons (Fsp3) is 0.308. The summed E-state index contributed by atoms with van der Waals surface area (Å²) in [7, 11) is 0. The zero-order valence-corrected chi connectivity index (χ0v) is 12.7. The van der Waals surface area contributed by atoms with E-state index in [1.54, 1.807) is 12.1 Å². The van der Waals surface area contributed by atoms with E-state index in [-0.39, 0.29) is 28.8 Å². The second kappa shape index (κ2) is 5.53. The van der Waals surface area contributed by atoms with E-state index in [1.165, 1.54) is 12.6 Å². The molecule has 1 unspecified atom stereocenters. The fourth-order valence-electron chi connectivity index (χ4n) is 2.92. The first kappa shape index (κ1) is 15.5. The van der Waals surface area contributed by atoms with Gasteiger partial charge < -0.3 is 9.52 Å². The molecule has 1 aromatic rings. The number of hydrazine groups is 2. The number of amides is 2. The number of aliphatic hydroxyl groups is 1. The van der Waals surface area contributed by atoms with Crippen molar-refractivity contribution in [1.82, 2.24) is 19.9 Å². The summed E-state index contributed by atoms with van der Waals surface area (Å²) in [4.78, 5) is 21.7. The van der Waals surface area contributed by atoms with Gasteiger partial charge in [-0.2, -0.15) is 13.8 Å². The maximum absolute atomic E-state index is 13.6. The third-order valence-corrected chi connectivity index (χ3v) is 3.91. The zero-order chi connectivity index (χ0) is 17.7. The van der Waals surface area contributed by atoms with Crippen LogP contribution in [0, 0.1) is 0 Å². The minimum absolute atomic E-state index is 0.124. The average Bonchev–Trinajstić information content (AvgIpc) is 3.26. The Bertz CT molecular complexity index is 792. The number of aliphatic imine (C=N–C) groups is 2. The largest absolute Gasteiger partial charge is 0.463 e. The van der Waals surface area contributed by atoms with Crippen molar-refractivity contribution in [2.24, 2.45) is 15.8 Å². The number of furan rings is 1. The van der Waals surface area contributed by atoms with Gasteiger partial charge in [-0.25, -0.2) is 30.6 Å². The Hall–Kier alpha value is -2.99. The first-order valence-corrected chi connectivity index (χ1v) is 7.27. The molecular formula is C13H13F2N7O3. The smallest absolute Gasteiger partial charge is 0.347 e. The number of nitrogens with zero attached hydrogens (tertiary/aromatic N) is 6. The third kappa shape index (κ3) is 2.11. The van der Waals surface area contributed by atoms with Crippen LogP contribution in [0.3, 0.4) is 0 Å². The van der Waals surface area contributed by atoms with Crippen LogP contribution < -0.4 is 5.84 Å². The number of carbonyl (C=O) groups excluding carboxylic acids is 1. The summed E-state index contributed by atoms with van der Waals surface area (Å²) >= 11 is 0. The van der Waals surface area contributed by atoms with E-state index in [0.717, 1.165) is 14.9 Å². The van der Waals surface area contributed by atoms with Crippen molar-refractivity contribution in [3.8, 4) is 0 Å². The quantitative estimate of drug-likeness (QED) is 0.583. The van der Waals surface area contributed by atoms with Crippen LogP contribution in [0.1, 0.15) is 5.76 Å². The number of alkyl halides is 2. The molecule has 1 fully saturated rings. The lowest BCUT2D eigenvalue weighted by atomic mass is 10.2. The highest BCUT2D eigenvalue weighted by Crippen LogP contribution is 2.40. The Morgan fingerprint density at radius 3 is 2.88 bits per heavy atom. The highest BCUT2D eigenvalue weighted by atomic mass is 19.3. The van der Waals surface area contributed by atoms with E-state index in [2.05, 4.69) is 9.98 Å². The van der Waals surface area contributed by atoms with Gasteiger partial charge in [-0.05, 0) is 12.1 Å². The van der Waals surface area contributed by atoms with Crippen LogP contribution in [0.5, 0.6) is 0 Å². The van der Waals surface area contributed by atoms with Gasteiger partial charge in [0.25, 0.3) is 0 Å². The maximum atomic E-state index is 13.6. The molecule has 12 heteroatoms. The average molecular weight is 353 g/mol. The molecule has 4 heterocycles. The Labute approximate surface area is 139 Å². The van der Waals surface area contributed by atoms with Crippen molar-refractivity contribution in [1.29, 1.82) is 0 Å². The predicted octanol–water partition coefficient (Wildman–Crippen LogP) is 0.0310. The van der Waals surface area contributed by atoms with E-state index in [4.69, 9.17) is 15.4 Å². The molecule has 3 aliphatic rings. The SMILES string of the molecule is NN1C=NC(c2ccco2)=C2C1=NC1N(CCO)C(=O)N(C(F)F)N21.